The smallest absolute Gasteiger partial charge is 0.200 e. The third-order valence-electron chi connectivity index (χ3n) is 2.28. The highest BCUT2D eigenvalue weighted by molar-refractivity contribution is 7.22. The maximum Gasteiger partial charge on any atom is 0.200 e. The largest absolute Gasteiger partial charge is 0.286 e. The van der Waals surface area contributed by atoms with Crippen LogP contribution in [0.15, 0.2) is 24.3 Å². The molecule has 0 bridgehead atoms. The van der Waals surface area contributed by atoms with E-state index in [1.807, 2.05) is 18.2 Å². The normalized spacial score (nSPS) is 10.8. The van der Waals surface area contributed by atoms with Gasteiger partial charge in [0, 0.05) is 6.54 Å². The molecule has 0 aliphatic heterocycles. The molecule has 2 rings (SSSR count). The molecule has 4 heteroatoms. The molecule has 0 saturated carbocycles. The molecule has 0 aliphatic carbocycles. The lowest BCUT2D eigenvalue weighted by molar-refractivity contribution is 0.737. The van der Waals surface area contributed by atoms with Crippen molar-refractivity contribution in [2.75, 3.05) is 11.6 Å². The average Bonchev–Trinajstić information content (AvgIpc) is 2.69. The van der Waals surface area contributed by atoms with Crippen LogP contribution in [-0.4, -0.2) is 11.5 Å². The molecule has 0 amide bonds. The summed E-state index contributed by atoms with van der Waals surface area (Å²) in [4.78, 5) is 4.48. The summed E-state index contributed by atoms with van der Waals surface area (Å²) in [6, 6.07) is 8.11. The number of hydrogen-bond donors (Lipinski definition) is 1. The third-order valence-corrected chi connectivity index (χ3v) is 3.35. The van der Waals surface area contributed by atoms with E-state index in [0.717, 1.165) is 30.0 Å². The Hall–Kier alpha value is -1.13. The van der Waals surface area contributed by atoms with Gasteiger partial charge in [-0.15, -0.1) is 0 Å². The lowest BCUT2D eigenvalue weighted by atomic mass is 10.3. The maximum absolute atomic E-state index is 5.93. The van der Waals surface area contributed by atoms with E-state index in [1.165, 1.54) is 4.70 Å². The number of nitrogens with zero attached hydrogens (tertiary/aromatic N) is 2. The topological polar surface area (TPSA) is 42.1 Å². The highest BCUT2D eigenvalue weighted by Gasteiger charge is 2.07. The Morgan fingerprint density at radius 2 is 2.20 bits per heavy atom. The van der Waals surface area contributed by atoms with Crippen molar-refractivity contribution in [1.82, 2.24) is 4.98 Å². The number of benzene rings is 1. The first-order chi connectivity index (χ1) is 7.31. The van der Waals surface area contributed by atoms with Crippen LogP contribution in [0.25, 0.3) is 10.2 Å². The second-order valence-electron chi connectivity index (χ2n) is 3.51. The molecule has 15 heavy (non-hydrogen) atoms. The zero-order valence-electron chi connectivity index (χ0n) is 8.81. The van der Waals surface area contributed by atoms with Gasteiger partial charge in [0.15, 0.2) is 0 Å². The van der Waals surface area contributed by atoms with Crippen molar-refractivity contribution in [3.63, 3.8) is 0 Å². The molecule has 0 atom stereocenters. The Balaban J connectivity index is 2.20. The van der Waals surface area contributed by atoms with E-state index in [1.54, 1.807) is 16.3 Å². The Bertz CT molecular complexity index is 405. The molecule has 1 heterocycles. The Labute approximate surface area is 93.5 Å². The van der Waals surface area contributed by atoms with Gasteiger partial charge in [0.25, 0.3) is 0 Å². The summed E-state index contributed by atoms with van der Waals surface area (Å²) >= 11 is 1.65. The number of nitrogens with two attached hydrogens (primary N) is 1. The van der Waals surface area contributed by atoms with Crippen LogP contribution in [0.3, 0.4) is 0 Å². The van der Waals surface area contributed by atoms with Crippen LogP contribution in [0.1, 0.15) is 19.8 Å². The fraction of sp³-hybridized carbons (Fsp3) is 0.364. The molecule has 80 valence electrons. The van der Waals surface area contributed by atoms with Crippen LogP contribution >= 0.6 is 11.3 Å². The van der Waals surface area contributed by atoms with Crippen molar-refractivity contribution in [3.05, 3.63) is 24.3 Å². The zero-order chi connectivity index (χ0) is 10.7. The quantitative estimate of drug-likeness (QED) is 0.637. The standard InChI is InChI=1S/C11H15N3S/c1-2-3-8-14(12)11-13-9-6-4-5-7-10(9)15-11/h4-7H,2-3,8,12H2,1H3. The lowest BCUT2D eigenvalue weighted by Gasteiger charge is -2.13. The van der Waals surface area contributed by atoms with Crippen LogP contribution < -0.4 is 10.9 Å². The maximum atomic E-state index is 5.93. The monoisotopic (exact) mass is 221 g/mol. The first kappa shape index (κ1) is 10.4. The summed E-state index contributed by atoms with van der Waals surface area (Å²) in [6.07, 6.45) is 2.25. The molecule has 0 unspecified atom stereocenters. The fourth-order valence-electron chi connectivity index (χ4n) is 1.41. The Morgan fingerprint density at radius 3 is 2.93 bits per heavy atom. The molecule has 0 aliphatic rings. The summed E-state index contributed by atoms with van der Waals surface area (Å²) in [6.45, 7) is 3.03. The van der Waals surface area contributed by atoms with Gasteiger partial charge >= 0.3 is 0 Å². The number of hydrogen-bond acceptors (Lipinski definition) is 4. The van der Waals surface area contributed by atoms with Crippen molar-refractivity contribution < 1.29 is 0 Å². The highest BCUT2D eigenvalue weighted by atomic mass is 32.1. The summed E-state index contributed by atoms with van der Waals surface area (Å²) in [5.41, 5.74) is 1.03. The molecule has 3 nitrogen and oxygen atoms in total. The van der Waals surface area contributed by atoms with Crippen LogP contribution in [0.2, 0.25) is 0 Å². The van der Waals surface area contributed by atoms with E-state index in [4.69, 9.17) is 5.84 Å². The van der Waals surface area contributed by atoms with Gasteiger partial charge in [-0.05, 0) is 18.6 Å². The fourth-order valence-corrected chi connectivity index (χ4v) is 2.32. The second-order valence-corrected chi connectivity index (χ2v) is 4.52. The van der Waals surface area contributed by atoms with Gasteiger partial charge < -0.3 is 0 Å². The first-order valence-electron chi connectivity index (χ1n) is 5.19. The summed E-state index contributed by atoms with van der Waals surface area (Å²) in [7, 11) is 0. The molecular weight excluding hydrogens is 206 g/mol. The van der Waals surface area contributed by atoms with E-state index >= 15 is 0 Å². The number of aromatic nitrogens is 1. The van der Waals surface area contributed by atoms with Crippen LogP contribution in [0.5, 0.6) is 0 Å². The Morgan fingerprint density at radius 1 is 1.40 bits per heavy atom. The van der Waals surface area contributed by atoms with Crippen molar-refractivity contribution >= 4 is 26.7 Å². The number of para-hydroxylation sites is 1. The third kappa shape index (κ3) is 2.27. The van der Waals surface area contributed by atoms with Gasteiger partial charge in [-0.3, -0.25) is 5.01 Å². The van der Waals surface area contributed by atoms with Crippen LogP contribution in [-0.2, 0) is 0 Å². The van der Waals surface area contributed by atoms with Crippen molar-refractivity contribution in [1.29, 1.82) is 0 Å². The minimum Gasteiger partial charge on any atom is -0.286 e. The number of rotatable bonds is 4. The van der Waals surface area contributed by atoms with Crippen molar-refractivity contribution in [2.45, 2.75) is 19.8 Å². The predicted molar refractivity (Wildman–Crippen MR) is 66.1 cm³/mol. The highest BCUT2D eigenvalue weighted by Crippen LogP contribution is 2.27. The van der Waals surface area contributed by atoms with Gasteiger partial charge in [0.05, 0.1) is 10.2 Å². The van der Waals surface area contributed by atoms with E-state index in [-0.39, 0.29) is 0 Å². The average molecular weight is 221 g/mol. The van der Waals surface area contributed by atoms with Crippen molar-refractivity contribution in [3.8, 4) is 0 Å². The van der Waals surface area contributed by atoms with E-state index < -0.39 is 0 Å². The zero-order valence-corrected chi connectivity index (χ0v) is 9.63. The number of thiazole rings is 1. The number of hydrazine groups is 1. The molecule has 0 saturated heterocycles. The van der Waals surface area contributed by atoms with Crippen LogP contribution in [0.4, 0.5) is 5.13 Å². The molecule has 0 radical (unpaired) electrons. The minimum atomic E-state index is 0.871. The molecule has 0 fully saturated rings. The van der Waals surface area contributed by atoms with E-state index in [0.29, 0.717) is 0 Å². The van der Waals surface area contributed by atoms with Gasteiger partial charge in [-0.25, -0.2) is 10.8 Å². The minimum absolute atomic E-state index is 0.871. The number of fused-ring (bicyclic) bond motifs is 1. The van der Waals surface area contributed by atoms with Gasteiger partial charge in [0.2, 0.25) is 5.13 Å². The molecule has 1 aromatic carbocycles. The number of unbranched alkanes of at least 4 members (excludes halogenated alkanes) is 1. The molecule has 1 aromatic heterocycles. The summed E-state index contributed by atoms with van der Waals surface area (Å²) < 4.78 is 1.19. The van der Waals surface area contributed by atoms with E-state index in [9.17, 15) is 0 Å². The SMILES string of the molecule is CCCCN(N)c1nc2ccccc2s1. The van der Waals surface area contributed by atoms with Crippen molar-refractivity contribution in [2.24, 2.45) is 5.84 Å². The molecular formula is C11H15N3S. The Kier molecular flexibility index (Phi) is 3.18. The molecule has 2 aromatic rings. The lowest BCUT2D eigenvalue weighted by Crippen LogP contribution is -2.31. The first-order valence-corrected chi connectivity index (χ1v) is 6.00. The number of anilines is 1. The van der Waals surface area contributed by atoms with Gasteiger partial charge in [-0.1, -0.05) is 36.8 Å². The van der Waals surface area contributed by atoms with Crippen LogP contribution in [0, 0.1) is 0 Å². The molecule has 2 N–H and O–H groups in total. The summed E-state index contributed by atoms with van der Waals surface area (Å²) in [5.74, 6) is 5.93. The molecule has 0 spiro atoms. The predicted octanol–water partition coefficient (Wildman–Crippen LogP) is 2.78. The van der Waals surface area contributed by atoms with Gasteiger partial charge in [0.1, 0.15) is 0 Å². The summed E-state index contributed by atoms with van der Waals surface area (Å²) in [5, 5.41) is 2.65. The van der Waals surface area contributed by atoms with E-state index in [2.05, 4.69) is 18.0 Å². The second kappa shape index (κ2) is 4.59. The van der Waals surface area contributed by atoms with Gasteiger partial charge in [-0.2, -0.15) is 0 Å².